The molecule has 0 saturated carbocycles. The average Bonchev–Trinajstić information content (AvgIpc) is 3.05. The lowest BCUT2D eigenvalue weighted by Gasteiger charge is -2.43. The molecule has 0 spiro atoms. The van der Waals surface area contributed by atoms with Crippen LogP contribution in [0.5, 0.6) is 0 Å². The Hall–Kier alpha value is -1.57. The van der Waals surface area contributed by atoms with Gasteiger partial charge in [0.25, 0.3) is 0 Å². The van der Waals surface area contributed by atoms with E-state index < -0.39 is 74.1 Å². The molecule has 0 aromatic heterocycles. The van der Waals surface area contributed by atoms with Crippen molar-refractivity contribution in [2.45, 2.75) is 43.1 Å². The van der Waals surface area contributed by atoms with E-state index in [4.69, 9.17) is 18.9 Å². The molecule has 9 atom stereocenters. The smallest absolute Gasteiger partial charge is 0.337 e. The molecule has 1 aliphatic carbocycles. The van der Waals surface area contributed by atoms with Crippen LogP contribution >= 0.6 is 0 Å². The van der Waals surface area contributed by atoms with Gasteiger partial charge in [-0.25, -0.2) is 4.79 Å². The molecule has 3 rings (SSSR count). The summed E-state index contributed by atoms with van der Waals surface area (Å²) in [7, 11) is 1.18. The number of ether oxygens (including phenoxy) is 4. The molecule has 2 heterocycles. The summed E-state index contributed by atoms with van der Waals surface area (Å²) in [5.74, 6) is -2.34. The molecule has 3 aliphatic rings. The minimum atomic E-state index is -1.65. The van der Waals surface area contributed by atoms with Crippen molar-refractivity contribution in [1.82, 2.24) is 0 Å². The maximum atomic E-state index is 12.0. The zero-order chi connectivity index (χ0) is 20.6. The van der Waals surface area contributed by atoms with Crippen molar-refractivity contribution in [3.05, 3.63) is 23.5 Å². The second kappa shape index (κ2) is 8.43. The molecule has 0 aromatic rings. The molecule has 6 N–H and O–H groups in total. The van der Waals surface area contributed by atoms with E-state index in [9.17, 15) is 35.4 Å². The summed E-state index contributed by atoms with van der Waals surface area (Å²) in [4.78, 5) is 12.0. The van der Waals surface area contributed by atoms with E-state index in [1.165, 1.54) is 13.2 Å². The summed E-state index contributed by atoms with van der Waals surface area (Å²) in [5, 5.41) is 59.1. The summed E-state index contributed by atoms with van der Waals surface area (Å²) in [6, 6.07) is 0. The Morgan fingerprint density at radius 1 is 1.07 bits per heavy atom. The number of carbonyl (C=O) groups is 1. The second-order valence-electron chi connectivity index (χ2n) is 6.84. The highest BCUT2D eigenvalue weighted by Gasteiger charge is 2.52. The van der Waals surface area contributed by atoms with Gasteiger partial charge in [-0.1, -0.05) is 6.08 Å². The van der Waals surface area contributed by atoms with E-state index in [1.54, 1.807) is 0 Å². The normalized spacial score (nSPS) is 42.9. The number of methoxy groups -OCH3 is 1. The first-order chi connectivity index (χ1) is 13.3. The van der Waals surface area contributed by atoms with Gasteiger partial charge in [0.2, 0.25) is 6.29 Å². The molecule has 0 unspecified atom stereocenters. The van der Waals surface area contributed by atoms with Gasteiger partial charge in [-0.05, 0) is 5.57 Å². The molecule has 0 amide bonds. The van der Waals surface area contributed by atoms with Crippen LogP contribution in [0.4, 0.5) is 0 Å². The molecule has 0 bridgehead atoms. The Morgan fingerprint density at radius 2 is 1.79 bits per heavy atom. The third kappa shape index (κ3) is 3.55. The lowest BCUT2D eigenvalue weighted by molar-refractivity contribution is -0.340. The fraction of sp³-hybridized carbons (Fsp3) is 0.706. The van der Waals surface area contributed by atoms with Gasteiger partial charge in [0.15, 0.2) is 6.29 Å². The van der Waals surface area contributed by atoms with Gasteiger partial charge in [-0.3, -0.25) is 0 Å². The third-order valence-electron chi connectivity index (χ3n) is 5.27. The monoisotopic (exact) mass is 404 g/mol. The van der Waals surface area contributed by atoms with Gasteiger partial charge in [-0.15, -0.1) is 0 Å². The summed E-state index contributed by atoms with van der Waals surface area (Å²) >= 11 is 0. The van der Waals surface area contributed by atoms with E-state index in [2.05, 4.69) is 0 Å². The third-order valence-corrected chi connectivity index (χ3v) is 5.27. The van der Waals surface area contributed by atoms with Gasteiger partial charge in [-0.2, -0.15) is 0 Å². The predicted octanol–water partition coefficient (Wildman–Crippen LogP) is -3.26. The Kier molecular flexibility index (Phi) is 6.37. The Morgan fingerprint density at radius 3 is 2.39 bits per heavy atom. The zero-order valence-corrected chi connectivity index (χ0v) is 15.0. The van der Waals surface area contributed by atoms with E-state index in [0.29, 0.717) is 5.57 Å². The molecule has 11 nitrogen and oxygen atoms in total. The highest BCUT2D eigenvalue weighted by molar-refractivity contribution is 5.89. The van der Waals surface area contributed by atoms with Crippen LogP contribution in [0.25, 0.3) is 0 Å². The minimum absolute atomic E-state index is 0.0494. The van der Waals surface area contributed by atoms with E-state index in [1.807, 2.05) is 0 Å². The zero-order valence-electron chi connectivity index (χ0n) is 15.0. The van der Waals surface area contributed by atoms with Crippen LogP contribution in [0, 0.1) is 11.8 Å². The number of fused-ring (bicyclic) bond motifs is 1. The lowest BCUT2D eigenvalue weighted by atomic mass is 9.82. The molecule has 0 radical (unpaired) electrons. The summed E-state index contributed by atoms with van der Waals surface area (Å²) in [6.45, 7) is -1.07. The number of hydrogen-bond acceptors (Lipinski definition) is 11. The molecular weight excluding hydrogens is 380 g/mol. The molecule has 1 fully saturated rings. The van der Waals surface area contributed by atoms with E-state index in [-0.39, 0.29) is 5.57 Å². The van der Waals surface area contributed by atoms with Crippen molar-refractivity contribution >= 4 is 5.97 Å². The fourth-order valence-corrected chi connectivity index (χ4v) is 3.79. The van der Waals surface area contributed by atoms with Gasteiger partial charge < -0.3 is 49.6 Å². The first-order valence-electron chi connectivity index (χ1n) is 8.73. The van der Waals surface area contributed by atoms with Crippen molar-refractivity contribution in [3.8, 4) is 0 Å². The standard InChI is InChI=1S/C17H24O11/c1-25-15(24)7-5-26-16(10-6(3-18)2-8(20)11(7)10)28-17-14(23)13(22)12(21)9(4-19)27-17/h2,5,8-14,16-23H,3-4H2,1H3/t8-,9+,10-,11+,12+,13-,14+,16+,17-/m0/s1. The Balaban J connectivity index is 1.84. The number of esters is 1. The van der Waals surface area contributed by atoms with Crippen LogP contribution in [0.2, 0.25) is 0 Å². The van der Waals surface area contributed by atoms with Gasteiger partial charge in [0, 0.05) is 5.92 Å². The van der Waals surface area contributed by atoms with Crippen molar-refractivity contribution in [1.29, 1.82) is 0 Å². The van der Waals surface area contributed by atoms with Crippen LogP contribution in [0.15, 0.2) is 23.5 Å². The number of aliphatic hydroxyl groups excluding tert-OH is 6. The summed E-state index contributed by atoms with van der Waals surface area (Å²) < 4.78 is 21.1. The van der Waals surface area contributed by atoms with Gasteiger partial charge in [0.1, 0.15) is 24.4 Å². The molecule has 158 valence electrons. The Bertz CT molecular complexity index is 645. The Labute approximate surface area is 160 Å². The molecule has 0 aromatic carbocycles. The van der Waals surface area contributed by atoms with Crippen LogP contribution < -0.4 is 0 Å². The quantitative estimate of drug-likeness (QED) is 0.200. The van der Waals surface area contributed by atoms with Crippen LogP contribution in [-0.4, -0.2) is 100 Å². The average molecular weight is 404 g/mol. The van der Waals surface area contributed by atoms with Crippen LogP contribution in [0.3, 0.4) is 0 Å². The number of carbonyl (C=O) groups excluding carboxylic acids is 1. The SMILES string of the molecule is COC(=O)C1=CO[C@H](O[C@@H]2O[C@H](CO)[C@@H](O)[C@H](O)[C@H]2O)[C@H]2C(CO)=C[C@H](O)[C@@H]12. The fourth-order valence-electron chi connectivity index (χ4n) is 3.79. The number of aliphatic hydroxyl groups is 6. The van der Waals surface area contributed by atoms with E-state index >= 15 is 0 Å². The number of hydrogen-bond donors (Lipinski definition) is 6. The highest BCUT2D eigenvalue weighted by Crippen LogP contribution is 2.44. The largest absolute Gasteiger partial charge is 0.471 e. The van der Waals surface area contributed by atoms with Crippen LogP contribution in [0.1, 0.15) is 0 Å². The highest BCUT2D eigenvalue weighted by atomic mass is 16.8. The van der Waals surface area contributed by atoms with E-state index in [0.717, 1.165) is 6.26 Å². The molecule has 2 aliphatic heterocycles. The van der Waals surface area contributed by atoms with Crippen molar-refractivity contribution in [3.63, 3.8) is 0 Å². The van der Waals surface area contributed by atoms with Crippen molar-refractivity contribution in [2.24, 2.45) is 11.8 Å². The summed E-state index contributed by atoms with van der Waals surface area (Å²) in [6.07, 6.45) is -7.36. The number of rotatable bonds is 5. The summed E-state index contributed by atoms with van der Waals surface area (Å²) in [5.41, 5.74) is 0.398. The maximum absolute atomic E-state index is 12.0. The minimum Gasteiger partial charge on any atom is -0.471 e. The first-order valence-corrected chi connectivity index (χ1v) is 8.73. The predicted molar refractivity (Wildman–Crippen MR) is 88.0 cm³/mol. The van der Waals surface area contributed by atoms with Gasteiger partial charge >= 0.3 is 5.97 Å². The first kappa shape index (κ1) is 21.1. The van der Waals surface area contributed by atoms with Crippen molar-refractivity contribution in [2.75, 3.05) is 20.3 Å². The topological polar surface area (TPSA) is 175 Å². The maximum Gasteiger partial charge on any atom is 0.337 e. The van der Waals surface area contributed by atoms with Crippen molar-refractivity contribution < 1.29 is 54.4 Å². The van der Waals surface area contributed by atoms with Gasteiger partial charge in [0.05, 0.1) is 44.2 Å². The molecule has 28 heavy (non-hydrogen) atoms. The molecular formula is C17H24O11. The second-order valence-corrected chi connectivity index (χ2v) is 6.84. The lowest BCUT2D eigenvalue weighted by Crippen LogP contribution is -2.60. The molecule has 11 heteroatoms. The molecule has 1 saturated heterocycles. The van der Waals surface area contributed by atoms with Crippen LogP contribution in [-0.2, 0) is 23.7 Å².